The summed E-state index contributed by atoms with van der Waals surface area (Å²) in [5, 5.41) is 23.0. The van der Waals surface area contributed by atoms with Gasteiger partial charge in [0, 0.05) is 31.2 Å². The highest BCUT2D eigenvalue weighted by Crippen LogP contribution is 2.19. The number of nitriles is 1. The molecule has 1 heterocycles. The van der Waals surface area contributed by atoms with Crippen LogP contribution in [-0.2, 0) is 0 Å². The second-order valence-electron chi connectivity index (χ2n) is 5.55. The number of aromatic nitrogens is 3. The Hall–Kier alpha value is -3.66. The van der Waals surface area contributed by atoms with Crippen LogP contribution in [0.1, 0.15) is 5.56 Å². The van der Waals surface area contributed by atoms with Gasteiger partial charge in [-0.1, -0.05) is 0 Å². The van der Waals surface area contributed by atoms with Gasteiger partial charge in [-0.25, -0.2) is 0 Å². The smallest absolute Gasteiger partial charge is 0.249 e. The van der Waals surface area contributed by atoms with Gasteiger partial charge in [-0.2, -0.15) is 15.3 Å². The second-order valence-corrected chi connectivity index (χ2v) is 5.55. The van der Waals surface area contributed by atoms with Crippen LogP contribution in [0.5, 0.6) is 0 Å². The van der Waals surface area contributed by atoms with E-state index in [0.29, 0.717) is 17.3 Å². The van der Waals surface area contributed by atoms with Crippen molar-refractivity contribution in [2.75, 3.05) is 29.6 Å². The van der Waals surface area contributed by atoms with Crippen molar-refractivity contribution in [2.45, 2.75) is 0 Å². The van der Waals surface area contributed by atoms with E-state index >= 15 is 0 Å². The lowest BCUT2D eigenvalue weighted by atomic mass is 10.2. The molecule has 7 nitrogen and oxygen atoms in total. The van der Waals surface area contributed by atoms with Gasteiger partial charge in [0.2, 0.25) is 5.95 Å². The van der Waals surface area contributed by atoms with E-state index in [-0.39, 0.29) is 0 Å². The van der Waals surface area contributed by atoms with E-state index in [1.807, 2.05) is 55.4 Å². The Kier molecular flexibility index (Phi) is 4.72. The second kappa shape index (κ2) is 7.27. The lowest BCUT2D eigenvalue weighted by Gasteiger charge is -2.13. The van der Waals surface area contributed by atoms with Gasteiger partial charge in [-0.05, 0) is 48.5 Å². The van der Waals surface area contributed by atoms with Crippen LogP contribution in [0.15, 0.2) is 54.7 Å². The van der Waals surface area contributed by atoms with Crippen molar-refractivity contribution in [1.29, 1.82) is 5.26 Å². The van der Waals surface area contributed by atoms with E-state index in [9.17, 15) is 0 Å². The molecule has 1 aromatic heterocycles. The molecule has 0 amide bonds. The Morgan fingerprint density at radius 1 is 0.920 bits per heavy atom. The van der Waals surface area contributed by atoms with E-state index in [0.717, 1.165) is 17.1 Å². The summed E-state index contributed by atoms with van der Waals surface area (Å²) >= 11 is 0. The summed E-state index contributed by atoms with van der Waals surface area (Å²) in [5.74, 6) is 0.961. The maximum atomic E-state index is 8.83. The maximum absolute atomic E-state index is 8.83. The van der Waals surface area contributed by atoms with E-state index < -0.39 is 0 Å². The van der Waals surface area contributed by atoms with Gasteiger partial charge in [0.05, 0.1) is 17.8 Å². The molecular formula is C18H17N7. The van der Waals surface area contributed by atoms with E-state index in [1.165, 1.54) is 0 Å². The zero-order chi connectivity index (χ0) is 17.6. The number of benzene rings is 2. The fourth-order valence-corrected chi connectivity index (χ4v) is 2.16. The summed E-state index contributed by atoms with van der Waals surface area (Å²) in [7, 11) is 3.99. The highest BCUT2D eigenvalue weighted by molar-refractivity contribution is 5.61. The molecule has 3 aromatic rings. The SMILES string of the molecule is CN(C)c1ccc(Nc2nncc(Nc3ccc(C#N)cc3)n2)cc1. The number of nitrogens with zero attached hydrogens (tertiary/aromatic N) is 5. The molecule has 0 bridgehead atoms. The topological polar surface area (TPSA) is 89.8 Å². The normalized spacial score (nSPS) is 9.96. The number of anilines is 5. The Balaban J connectivity index is 1.71. The third kappa shape index (κ3) is 4.20. The lowest BCUT2D eigenvalue weighted by Crippen LogP contribution is -2.08. The highest BCUT2D eigenvalue weighted by atomic mass is 15.3. The van der Waals surface area contributed by atoms with Crippen molar-refractivity contribution in [1.82, 2.24) is 15.2 Å². The molecule has 0 aliphatic carbocycles. The Labute approximate surface area is 146 Å². The fraction of sp³-hybridized carbons (Fsp3) is 0.111. The first-order valence-electron chi connectivity index (χ1n) is 7.65. The van der Waals surface area contributed by atoms with Crippen molar-refractivity contribution in [3.63, 3.8) is 0 Å². The van der Waals surface area contributed by atoms with Crippen LogP contribution in [0.4, 0.5) is 28.8 Å². The van der Waals surface area contributed by atoms with Gasteiger partial charge in [0.1, 0.15) is 0 Å². The Morgan fingerprint density at radius 2 is 1.56 bits per heavy atom. The molecule has 0 aliphatic rings. The first-order chi connectivity index (χ1) is 12.1. The van der Waals surface area contributed by atoms with Crippen LogP contribution in [0.25, 0.3) is 0 Å². The Bertz CT molecular complexity index is 881. The van der Waals surface area contributed by atoms with Crippen molar-refractivity contribution in [3.05, 3.63) is 60.3 Å². The molecular weight excluding hydrogens is 314 g/mol. The molecule has 3 rings (SSSR count). The minimum atomic E-state index is 0.399. The summed E-state index contributed by atoms with van der Waals surface area (Å²) in [6, 6.07) is 17.1. The van der Waals surface area contributed by atoms with Gasteiger partial charge in [-0.15, -0.1) is 5.10 Å². The first kappa shape index (κ1) is 16.2. The van der Waals surface area contributed by atoms with Crippen molar-refractivity contribution in [2.24, 2.45) is 0 Å². The number of hydrogen-bond donors (Lipinski definition) is 2. The van der Waals surface area contributed by atoms with Crippen LogP contribution in [0.3, 0.4) is 0 Å². The average molecular weight is 331 g/mol. The van der Waals surface area contributed by atoms with Gasteiger partial charge in [0.25, 0.3) is 0 Å². The third-order valence-corrected chi connectivity index (χ3v) is 3.49. The molecule has 0 unspecified atom stereocenters. The summed E-state index contributed by atoms with van der Waals surface area (Å²) in [5.41, 5.74) is 3.42. The molecule has 0 radical (unpaired) electrons. The largest absolute Gasteiger partial charge is 0.378 e. The standard InChI is InChI=1S/C18H17N7/c1-25(2)16-9-7-15(8-10-16)22-18-23-17(12-20-24-18)21-14-5-3-13(11-19)4-6-14/h3-10,12H,1-2H3,(H2,21,22,23,24). The lowest BCUT2D eigenvalue weighted by molar-refractivity contribution is 0.982. The molecule has 0 spiro atoms. The minimum Gasteiger partial charge on any atom is -0.378 e. The molecule has 7 heteroatoms. The molecule has 2 aromatic carbocycles. The monoisotopic (exact) mass is 331 g/mol. The summed E-state index contributed by atoms with van der Waals surface area (Å²) in [6.45, 7) is 0. The zero-order valence-electron chi connectivity index (χ0n) is 13.9. The molecule has 0 saturated heterocycles. The minimum absolute atomic E-state index is 0.399. The third-order valence-electron chi connectivity index (χ3n) is 3.49. The number of rotatable bonds is 5. The predicted molar refractivity (Wildman–Crippen MR) is 98.3 cm³/mol. The van der Waals surface area contributed by atoms with Crippen LogP contribution in [-0.4, -0.2) is 29.3 Å². The van der Waals surface area contributed by atoms with Crippen molar-refractivity contribution in [3.8, 4) is 6.07 Å². The van der Waals surface area contributed by atoms with Gasteiger partial charge < -0.3 is 15.5 Å². The van der Waals surface area contributed by atoms with Crippen molar-refractivity contribution >= 4 is 28.8 Å². The summed E-state index contributed by atoms with van der Waals surface area (Å²) in [6.07, 6.45) is 1.54. The number of nitrogens with one attached hydrogen (secondary N) is 2. The number of hydrogen-bond acceptors (Lipinski definition) is 7. The predicted octanol–water partition coefficient (Wildman–Crippen LogP) is 3.30. The zero-order valence-corrected chi connectivity index (χ0v) is 13.9. The molecule has 2 N–H and O–H groups in total. The highest BCUT2D eigenvalue weighted by Gasteiger charge is 2.03. The Morgan fingerprint density at radius 3 is 2.20 bits per heavy atom. The first-order valence-corrected chi connectivity index (χ1v) is 7.65. The molecule has 0 saturated carbocycles. The van der Waals surface area contributed by atoms with Crippen LogP contribution < -0.4 is 15.5 Å². The van der Waals surface area contributed by atoms with Crippen molar-refractivity contribution < 1.29 is 0 Å². The van der Waals surface area contributed by atoms with Crippen LogP contribution >= 0.6 is 0 Å². The van der Waals surface area contributed by atoms with Gasteiger partial charge in [0.15, 0.2) is 5.82 Å². The van der Waals surface area contributed by atoms with E-state index in [2.05, 4.69) is 31.9 Å². The molecule has 0 fully saturated rings. The molecule has 0 aliphatic heterocycles. The van der Waals surface area contributed by atoms with Crippen LogP contribution in [0.2, 0.25) is 0 Å². The molecule has 0 atom stereocenters. The van der Waals surface area contributed by atoms with E-state index in [1.54, 1.807) is 18.3 Å². The molecule has 124 valence electrons. The van der Waals surface area contributed by atoms with Gasteiger partial charge in [-0.3, -0.25) is 0 Å². The average Bonchev–Trinajstić information content (AvgIpc) is 2.63. The quantitative estimate of drug-likeness (QED) is 0.741. The summed E-state index contributed by atoms with van der Waals surface area (Å²) < 4.78 is 0. The maximum Gasteiger partial charge on any atom is 0.249 e. The molecule has 25 heavy (non-hydrogen) atoms. The summed E-state index contributed by atoms with van der Waals surface area (Å²) in [4.78, 5) is 6.42. The van der Waals surface area contributed by atoms with Crippen LogP contribution in [0, 0.1) is 11.3 Å². The van der Waals surface area contributed by atoms with Gasteiger partial charge >= 0.3 is 0 Å². The fourth-order valence-electron chi connectivity index (χ4n) is 2.16. The van der Waals surface area contributed by atoms with E-state index in [4.69, 9.17) is 5.26 Å².